The first-order chi connectivity index (χ1) is 10.1. The first-order valence-corrected chi connectivity index (χ1v) is 7.87. The van der Waals surface area contributed by atoms with Gasteiger partial charge in [0.15, 0.2) is 0 Å². The van der Waals surface area contributed by atoms with Crippen molar-refractivity contribution in [2.24, 2.45) is 0 Å². The molecule has 0 aromatic heterocycles. The first kappa shape index (κ1) is 15.8. The third kappa shape index (κ3) is 4.20. The second kappa shape index (κ2) is 7.45. The molecule has 0 spiro atoms. The summed E-state index contributed by atoms with van der Waals surface area (Å²) in [5, 5.41) is 3.04. The number of rotatable bonds is 5. The van der Waals surface area contributed by atoms with E-state index < -0.39 is 0 Å². The molecule has 0 saturated carbocycles. The van der Waals surface area contributed by atoms with Gasteiger partial charge in [0, 0.05) is 9.61 Å². The highest BCUT2D eigenvalue weighted by Crippen LogP contribution is 2.19. The fourth-order valence-corrected chi connectivity index (χ4v) is 2.83. The van der Waals surface area contributed by atoms with Gasteiger partial charge in [-0.3, -0.25) is 4.79 Å². The van der Waals surface area contributed by atoms with Crippen molar-refractivity contribution in [1.82, 2.24) is 5.32 Å². The number of carbonyl (C=O) groups excluding carboxylic acids is 1. The second-order valence-electron chi connectivity index (χ2n) is 4.87. The van der Waals surface area contributed by atoms with Crippen LogP contribution in [0.2, 0.25) is 0 Å². The van der Waals surface area contributed by atoms with Crippen molar-refractivity contribution in [3.63, 3.8) is 0 Å². The summed E-state index contributed by atoms with van der Waals surface area (Å²) >= 11 is 2.18. The number of hydrogen-bond acceptors (Lipinski definition) is 2. The predicted molar refractivity (Wildman–Crippen MR) is 92.8 cm³/mol. The molecule has 0 bridgehead atoms. The SMILES string of the molecule is COc1ccccc1CC(C)NC(=O)c1ccccc1I. The van der Waals surface area contributed by atoms with Crippen LogP contribution in [0.25, 0.3) is 0 Å². The van der Waals surface area contributed by atoms with Gasteiger partial charge in [0.1, 0.15) is 5.75 Å². The van der Waals surface area contributed by atoms with Gasteiger partial charge < -0.3 is 10.1 Å². The molecular formula is C17H18INO2. The summed E-state index contributed by atoms with van der Waals surface area (Å²) < 4.78 is 6.30. The van der Waals surface area contributed by atoms with E-state index in [0.717, 1.165) is 21.3 Å². The van der Waals surface area contributed by atoms with Crippen molar-refractivity contribution in [1.29, 1.82) is 0 Å². The number of methoxy groups -OCH3 is 1. The number of ether oxygens (including phenoxy) is 1. The van der Waals surface area contributed by atoms with Crippen LogP contribution in [0.4, 0.5) is 0 Å². The van der Waals surface area contributed by atoms with Gasteiger partial charge in [-0.1, -0.05) is 30.3 Å². The van der Waals surface area contributed by atoms with Crippen molar-refractivity contribution in [2.75, 3.05) is 7.11 Å². The van der Waals surface area contributed by atoms with Crippen LogP contribution in [0, 0.1) is 3.57 Å². The summed E-state index contributed by atoms with van der Waals surface area (Å²) in [7, 11) is 1.66. The molecule has 0 aliphatic carbocycles. The summed E-state index contributed by atoms with van der Waals surface area (Å²) in [4.78, 5) is 12.3. The lowest BCUT2D eigenvalue weighted by Crippen LogP contribution is -2.34. The molecule has 4 heteroatoms. The average Bonchev–Trinajstić information content (AvgIpc) is 2.48. The Balaban J connectivity index is 2.03. The smallest absolute Gasteiger partial charge is 0.252 e. The van der Waals surface area contributed by atoms with E-state index in [1.54, 1.807) is 7.11 Å². The Hall–Kier alpha value is -1.56. The molecule has 2 aromatic rings. The summed E-state index contributed by atoms with van der Waals surface area (Å²) in [6, 6.07) is 15.5. The quantitative estimate of drug-likeness (QED) is 0.785. The molecule has 21 heavy (non-hydrogen) atoms. The van der Waals surface area contributed by atoms with Gasteiger partial charge in [-0.05, 0) is 59.7 Å². The van der Waals surface area contributed by atoms with E-state index in [9.17, 15) is 4.79 Å². The van der Waals surface area contributed by atoms with E-state index in [2.05, 4.69) is 27.9 Å². The zero-order valence-corrected chi connectivity index (χ0v) is 14.3. The highest BCUT2D eigenvalue weighted by Gasteiger charge is 2.14. The van der Waals surface area contributed by atoms with Crippen molar-refractivity contribution < 1.29 is 9.53 Å². The zero-order valence-electron chi connectivity index (χ0n) is 12.1. The zero-order chi connectivity index (χ0) is 15.2. The summed E-state index contributed by atoms with van der Waals surface area (Å²) in [6.07, 6.45) is 0.735. The lowest BCUT2D eigenvalue weighted by Gasteiger charge is -2.16. The Morgan fingerprint density at radius 1 is 1.19 bits per heavy atom. The van der Waals surface area contributed by atoms with Crippen LogP contribution in [-0.4, -0.2) is 19.1 Å². The van der Waals surface area contributed by atoms with E-state index in [1.165, 1.54) is 0 Å². The Morgan fingerprint density at radius 3 is 2.57 bits per heavy atom. The third-order valence-electron chi connectivity index (χ3n) is 3.21. The van der Waals surface area contributed by atoms with E-state index >= 15 is 0 Å². The number of carbonyl (C=O) groups is 1. The summed E-state index contributed by atoms with van der Waals surface area (Å²) in [5.41, 5.74) is 1.81. The largest absolute Gasteiger partial charge is 0.496 e. The van der Waals surface area contributed by atoms with Gasteiger partial charge in [-0.15, -0.1) is 0 Å². The molecular weight excluding hydrogens is 377 g/mol. The van der Waals surface area contributed by atoms with Gasteiger partial charge in [-0.25, -0.2) is 0 Å². The minimum Gasteiger partial charge on any atom is -0.496 e. The van der Waals surface area contributed by atoms with Gasteiger partial charge >= 0.3 is 0 Å². The van der Waals surface area contributed by atoms with E-state index in [4.69, 9.17) is 4.74 Å². The summed E-state index contributed by atoms with van der Waals surface area (Å²) in [6.45, 7) is 2.00. The fraction of sp³-hybridized carbons (Fsp3) is 0.235. The van der Waals surface area contributed by atoms with Gasteiger partial charge in [0.2, 0.25) is 0 Å². The second-order valence-corrected chi connectivity index (χ2v) is 6.03. The maximum atomic E-state index is 12.3. The van der Waals surface area contributed by atoms with Crippen LogP contribution >= 0.6 is 22.6 Å². The molecule has 1 atom stereocenters. The number of halogens is 1. The topological polar surface area (TPSA) is 38.3 Å². The lowest BCUT2D eigenvalue weighted by molar-refractivity contribution is 0.0939. The van der Waals surface area contributed by atoms with Crippen LogP contribution in [0.3, 0.4) is 0 Å². The molecule has 0 aliphatic heterocycles. The fourth-order valence-electron chi connectivity index (χ4n) is 2.20. The van der Waals surface area contributed by atoms with Crippen LogP contribution in [0.1, 0.15) is 22.8 Å². The minimum atomic E-state index is -0.0394. The minimum absolute atomic E-state index is 0.0322. The third-order valence-corrected chi connectivity index (χ3v) is 4.16. The molecule has 3 nitrogen and oxygen atoms in total. The van der Waals surface area contributed by atoms with Crippen LogP contribution < -0.4 is 10.1 Å². The summed E-state index contributed by atoms with van der Waals surface area (Å²) in [5.74, 6) is 0.815. The van der Waals surface area contributed by atoms with Gasteiger partial charge in [-0.2, -0.15) is 0 Å². The predicted octanol–water partition coefficient (Wildman–Crippen LogP) is 3.66. The highest BCUT2D eigenvalue weighted by molar-refractivity contribution is 14.1. The molecule has 0 fully saturated rings. The van der Waals surface area contributed by atoms with E-state index in [1.807, 2.05) is 55.5 Å². The van der Waals surface area contributed by atoms with Crippen molar-refractivity contribution in [2.45, 2.75) is 19.4 Å². The molecule has 1 unspecified atom stereocenters. The average molecular weight is 395 g/mol. The number of para-hydroxylation sites is 1. The number of amides is 1. The Labute approximate surface area is 138 Å². The lowest BCUT2D eigenvalue weighted by atomic mass is 10.1. The van der Waals surface area contributed by atoms with Gasteiger partial charge in [0.05, 0.1) is 12.7 Å². The van der Waals surface area contributed by atoms with Crippen molar-refractivity contribution in [3.05, 3.63) is 63.2 Å². The maximum absolute atomic E-state index is 12.3. The number of nitrogens with one attached hydrogen (secondary N) is 1. The molecule has 0 saturated heterocycles. The molecule has 0 heterocycles. The first-order valence-electron chi connectivity index (χ1n) is 6.79. The molecule has 1 amide bonds. The van der Waals surface area contributed by atoms with Crippen LogP contribution in [0.15, 0.2) is 48.5 Å². The highest BCUT2D eigenvalue weighted by atomic mass is 127. The molecule has 2 aromatic carbocycles. The Morgan fingerprint density at radius 2 is 1.86 bits per heavy atom. The van der Waals surface area contributed by atoms with Crippen molar-refractivity contribution in [3.8, 4) is 5.75 Å². The molecule has 1 N–H and O–H groups in total. The standard InChI is InChI=1S/C17H18INO2/c1-12(11-13-7-3-6-10-16(13)21-2)19-17(20)14-8-4-5-9-15(14)18/h3-10,12H,11H2,1-2H3,(H,19,20). The molecule has 110 valence electrons. The van der Waals surface area contributed by atoms with Crippen LogP contribution in [0.5, 0.6) is 5.75 Å². The van der Waals surface area contributed by atoms with E-state index in [0.29, 0.717) is 5.56 Å². The van der Waals surface area contributed by atoms with Crippen molar-refractivity contribution >= 4 is 28.5 Å². The maximum Gasteiger partial charge on any atom is 0.252 e. The van der Waals surface area contributed by atoms with Gasteiger partial charge in [0.25, 0.3) is 5.91 Å². The molecule has 2 rings (SSSR count). The normalized spacial score (nSPS) is 11.8. The van der Waals surface area contributed by atoms with Crippen LogP contribution in [-0.2, 0) is 6.42 Å². The van der Waals surface area contributed by atoms with E-state index in [-0.39, 0.29) is 11.9 Å². The monoisotopic (exact) mass is 395 g/mol. The molecule has 0 aliphatic rings. The number of benzene rings is 2. The number of hydrogen-bond donors (Lipinski definition) is 1. The molecule has 0 radical (unpaired) electrons. The Kier molecular flexibility index (Phi) is 5.61. The Bertz CT molecular complexity index is 628.